The van der Waals surface area contributed by atoms with E-state index in [-0.39, 0.29) is 12.0 Å². The van der Waals surface area contributed by atoms with Gasteiger partial charge in [-0.25, -0.2) is 4.79 Å². The van der Waals surface area contributed by atoms with Gasteiger partial charge in [-0.05, 0) is 41.4 Å². The molecule has 21 heavy (non-hydrogen) atoms. The van der Waals surface area contributed by atoms with Crippen LogP contribution in [0.3, 0.4) is 0 Å². The van der Waals surface area contributed by atoms with Crippen molar-refractivity contribution in [3.8, 4) is 11.5 Å². The number of halogens is 1. The molecule has 0 spiro atoms. The second-order valence-corrected chi connectivity index (χ2v) is 5.49. The highest BCUT2D eigenvalue weighted by molar-refractivity contribution is 9.10. The number of ether oxygens (including phenoxy) is 2. The lowest BCUT2D eigenvalue weighted by atomic mass is 9.98. The maximum absolute atomic E-state index is 12.3. The van der Waals surface area contributed by atoms with E-state index in [1.807, 2.05) is 0 Å². The Morgan fingerprint density at radius 2 is 1.95 bits per heavy atom. The van der Waals surface area contributed by atoms with Gasteiger partial charge in [-0.1, -0.05) is 6.92 Å². The van der Waals surface area contributed by atoms with Gasteiger partial charge in [0.25, 0.3) is 5.91 Å². The van der Waals surface area contributed by atoms with Crippen molar-refractivity contribution in [2.75, 3.05) is 14.2 Å². The summed E-state index contributed by atoms with van der Waals surface area (Å²) in [4.78, 5) is 23.5. The first-order chi connectivity index (χ1) is 9.78. The van der Waals surface area contributed by atoms with Gasteiger partial charge in [0.2, 0.25) is 0 Å². The van der Waals surface area contributed by atoms with Crippen LogP contribution in [0.25, 0.3) is 0 Å². The van der Waals surface area contributed by atoms with E-state index in [2.05, 4.69) is 21.2 Å². The second-order valence-electron chi connectivity index (χ2n) is 4.64. The Hall–Kier alpha value is -1.76. The molecule has 6 nitrogen and oxygen atoms in total. The Morgan fingerprint density at radius 1 is 1.33 bits per heavy atom. The summed E-state index contributed by atoms with van der Waals surface area (Å²) < 4.78 is 10.9. The van der Waals surface area contributed by atoms with Gasteiger partial charge in [0, 0.05) is 5.56 Å². The van der Waals surface area contributed by atoms with Crippen LogP contribution in [0.4, 0.5) is 0 Å². The van der Waals surface area contributed by atoms with Crippen LogP contribution in [0, 0.1) is 0 Å². The molecule has 0 aliphatic rings. The van der Waals surface area contributed by atoms with Crippen LogP contribution < -0.4 is 14.8 Å². The van der Waals surface area contributed by atoms with Gasteiger partial charge in [0.05, 0.1) is 18.7 Å². The maximum Gasteiger partial charge on any atom is 0.329 e. The average molecular weight is 360 g/mol. The molecule has 7 heteroatoms. The first kappa shape index (κ1) is 17.3. The minimum absolute atomic E-state index is 0.266. The third kappa shape index (κ3) is 3.66. The van der Waals surface area contributed by atoms with Gasteiger partial charge >= 0.3 is 5.97 Å². The van der Waals surface area contributed by atoms with Crippen LogP contribution in [-0.2, 0) is 4.79 Å². The molecule has 0 saturated carbocycles. The Balaban J connectivity index is 3.14. The number of carbonyl (C=O) groups is 2. The number of aliphatic carboxylic acids is 1. The van der Waals surface area contributed by atoms with Crippen LogP contribution in [-0.4, -0.2) is 36.7 Å². The van der Waals surface area contributed by atoms with Gasteiger partial charge in [-0.3, -0.25) is 4.79 Å². The zero-order valence-corrected chi connectivity index (χ0v) is 13.9. The van der Waals surface area contributed by atoms with Crippen molar-refractivity contribution in [1.82, 2.24) is 5.32 Å². The van der Waals surface area contributed by atoms with Gasteiger partial charge in [-0.15, -0.1) is 0 Å². The first-order valence-electron chi connectivity index (χ1n) is 6.26. The highest BCUT2D eigenvalue weighted by Crippen LogP contribution is 2.36. The topological polar surface area (TPSA) is 84.9 Å². The quantitative estimate of drug-likeness (QED) is 0.814. The van der Waals surface area contributed by atoms with E-state index in [0.29, 0.717) is 16.0 Å². The molecule has 0 heterocycles. The molecule has 0 aliphatic carbocycles. The van der Waals surface area contributed by atoms with Crippen molar-refractivity contribution in [1.29, 1.82) is 0 Å². The van der Waals surface area contributed by atoms with Crippen molar-refractivity contribution in [3.63, 3.8) is 0 Å². The largest absolute Gasteiger partial charge is 0.493 e. The Labute approximate surface area is 131 Å². The molecule has 1 unspecified atom stereocenters. The molecule has 0 fully saturated rings. The zero-order valence-electron chi connectivity index (χ0n) is 12.3. The normalized spacial score (nSPS) is 13.2. The minimum Gasteiger partial charge on any atom is -0.493 e. The molecule has 1 amide bonds. The lowest BCUT2D eigenvalue weighted by Gasteiger charge is -2.24. The van der Waals surface area contributed by atoms with Crippen molar-refractivity contribution < 1.29 is 24.2 Å². The molecule has 0 bridgehead atoms. The standard InChI is InChI=1S/C14H18BrNO5/c1-5-14(2,13(18)19)16-12(17)8-6-9(15)11(21-4)10(7-8)20-3/h6-7H,5H2,1-4H3,(H,16,17)(H,18,19). The molecule has 0 aromatic heterocycles. The van der Waals surface area contributed by atoms with Crippen molar-refractivity contribution in [2.24, 2.45) is 0 Å². The first-order valence-corrected chi connectivity index (χ1v) is 7.05. The third-order valence-corrected chi connectivity index (χ3v) is 3.85. The molecule has 2 N–H and O–H groups in total. The Morgan fingerprint density at radius 3 is 2.38 bits per heavy atom. The lowest BCUT2D eigenvalue weighted by molar-refractivity contribution is -0.143. The molecule has 0 saturated heterocycles. The van der Waals surface area contributed by atoms with Crippen LogP contribution in [0.1, 0.15) is 30.6 Å². The van der Waals surface area contributed by atoms with Gasteiger partial charge in [0.1, 0.15) is 5.54 Å². The van der Waals surface area contributed by atoms with Crippen LogP contribution in [0.15, 0.2) is 16.6 Å². The van der Waals surface area contributed by atoms with E-state index >= 15 is 0 Å². The summed E-state index contributed by atoms with van der Waals surface area (Å²) in [6, 6.07) is 3.05. The molecule has 1 rings (SSSR count). The molecule has 116 valence electrons. The highest BCUT2D eigenvalue weighted by Gasteiger charge is 2.33. The van der Waals surface area contributed by atoms with E-state index in [0.717, 1.165) is 0 Å². The van der Waals surface area contributed by atoms with Crippen molar-refractivity contribution >= 4 is 27.8 Å². The Kier molecular flexibility index (Phi) is 5.60. The monoisotopic (exact) mass is 359 g/mol. The fourth-order valence-corrected chi connectivity index (χ4v) is 2.27. The van der Waals surface area contributed by atoms with E-state index in [4.69, 9.17) is 9.47 Å². The average Bonchev–Trinajstić information content (AvgIpc) is 2.45. The number of hydrogen-bond donors (Lipinski definition) is 2. The molecule has 0 aliphatic heterocycles. The molecule has 0 radical (unpaired) electrons. The third-order valence-electron chi connectivity index (χ3n) is 3.26. The predicted molar refractivity (Wildman–Crippen MR) is 81.0 cm³/mol. The number of benzene rings is 1. The summed E-state index contributed by atoms with van der Waals surface area (Å²) in [7, 11) is 2.94. The molecule has 1 aromatic rings. The fraction of sp³-hybridized carbons (Fsp3) is 0.429. The summed E-state index contributed by atoms with van der Waals surface area (Å²) in [6.45, 7) is 3.15. The molecule has 1 atom stereocenters. The van der Waals surface area contributed by atoms with E-state index < -0.39 is 17.4 Å². The summed E-state index contributed by atoms with van der Waals surface area (Å²) in [5.74, 6) is -0.739. The summed E-state index contributed by atoms with van der Waals surface area (Å²) in [5.41, 5.74) is -1.04. The van der Waals surface area contributed by atoms with Crippen molar-refractivity contribution in [2.45, 2.75) is 25.8 Å². The number of carboxylic acid groups (broad SMARTS) is 1. The summed E-state index contributed by atoms with van der Waals surface area (Å²) in [6.07, 6.45) is 0.266. The number of carbonyl (C=O) groups excluding carboxylic acids is 1. The fourth-order valence-electron chi connectivity index (χ4n) is 1.66. The Bertz CT molecular complexity index is 561. The summed E-state index contributed by atoms with van der Waals surface area (Å²) in [5, 5.41) is 11.7. The number of carboxylic acids is 1. The maximum atomic E-state index is 12.3. The van der Waals surface area contributed by atoms with Crippen LogP contribution in [0.5, 0.6) is 11.5 Å². The van der Waals surface area contributed by atoms with Gasteiger partial charge in [-0.2, -0.15) is 0 Å². The van der Waals surface area contributed by atoms with Gasteiger partial charge < -0.3 is 19.9 Å². The minimum atomic E-state index is -1.32. The summed E-state index contributed by atoms with van der Waals surface area (Å²) >= 11 is 3.29. The smallest absolute Gasteiger partial charge is 0.329 e. The molecule has 1 aromatic carbocycles. The SMILES string of the molecule is CCC(C)(NC(=O)c1cc(Br)c(OC)c(OC)c1)C(=O)O. The van der Waals surface area contributed by atoms with Crippen LogP contribution >= 0.6 is 15.9 Å². The number of nitrogens with one attached hydrogen (secondary N) is 1. The van der Waals surface area contributed by atoms with Crippen LogP contribution in [0.2, 0.25) is 0 Å². The lowest BCUT2D eigenvalue weighted by Crippen LogP contribution is -2.51. The second kappa shape index (κ2) is 6.80. The number of methoxy groups -OCH3 is 2. The number of hydrogen-bond acceptors (Lipinski definition) is 4. The van der Waals surface area contributed by atoms with E-state index in [1.165, 1.54) is 27.2 Å². The highest BCUT2D eigenvalue weighted by atomic mass is 79.9. The van der Waals surface area contributed by atoms with E-state index in [1.54, 1.807) is 13.0 Å². The van der Waals surface area contributed by atoms with E-state index in [9.17, 15) is 14.7 Å². The number of amides is 1. The number of rotatable bonds is 6. The zero-order chi connectivity index (χ0) is 16.2. The predicted octanol–water partition coefficient (Wildman–Crippen LogP) is 2.45. The van der Waals surface area contributed by atoms with Crippen molar-refractivity contribution in [3.05, 3.63) is 22.2 Å². The molecular formula is C14H18BrNO5. The molecular weight excluding hydrogens is 342 g/mol. The van der Waals surface area contributed by atoms with Gasteiger partial charge in [0.15, 0.2) is 11.5 Å².